The normalized spacial score (nSPS) is 13.1. The minimum Gasteiger partial charge on any atom is -0.317 e. The summed E-state index contributed by atoms with van der Waals surface area (Å²) in [7, 11) is 3.42. The molecule has 0 fully saturated rings. The molecule has 23 heavy (non-hydrogen) atoms. The summed E-state index contributed by atoms with van der Waals surface area (Å²) in [6.45, 7) is 6.75. The van der Waals surface area contributed by atoms with Crippen molar-refractivity contribution in [1.82, 2.24) is 23.1 Å². The molecule has 3 aromatic heterocycles. The van der Waals surface area contributed by atoms with Gasteiger partial charge in [0, 0.05) is 25.5 Å². The van der Waals surface area contributed by atoms with Gasteiger partial charge in [0.25, 0.3) is 5.56 Å². The molecule has 0 bridgehead atoms. The molecule has 8 heteroatoms. The van der Waals surface area contributed by atoms with Crippen molar-refractivity contribution in [2.75, 3.05) is 0 Å². The van der Waals surface area contributed by atoms with Crippen molar-refractivity contribution < 1.29 is 4.79 Å². The second-order valence-electron chi connectivity index (χ2n) is 5.95. The van der Waals surface area contributed by atoms with Gasteiger partial charge in [0.15, 0.2) is 16.9 Å². The Balaban J connectivity index is 2.63. The molecule has 3 aromatic rings. The number of ketones is 1. The first-order valence-electron chi connectivity index (χ1n) is 7.34. The monoisotopic (exact) mass is 317 g/mol. The molecular weight excluding hydrogens is 298 g/mol. The molecule has 3 rings (SSSR count). The van der Waals surface area contributed by atoms with Crippen LogP contribution in [-0.2, 0) is 18.9 Å². The molecule has 0 amide bonds. The molecule has 0 aromatic carbocycles. The molecule has 0 aliphatic rings. The second-order valence-corrected chi connectivity index (χ2v) is 5.95. The summed E-state index contributed by atoms with van der Waals surface area (Å²) in [5, 5.41) is 0. The number of carbonyl (C=O) groups is 1. The first-order valence-corrected chi connectivity index (χ1v) is 7.34. The van der Waals surface area contributed by atoms with Crippen LogP contribution < -0.4 is 11.2 Å². The molecule has 0 N–H and O–H groups in total. The molecule has 122 valence electrons. The number of imidazole rings is 2. The van der Waals surface area contributed by atoms with Gasteiger partial charge in [-0.25, -0.2) is 9.36 Å². The number of hydrogen-bond donors (Lipinski definition) is 0. The molecule has 0 saturated carbocycles. The molecule has 0 aliphatic heterocycles. The van der Waals surface area contributed by atoms with Crippen LogP contribution >= 0.6 is 0 Å². The van der Waals surface area contributed by atoms with Gasteiger partial charge in [-0.3, -0.25) is 18.6 Å². The predicted octanol–water partition coefficient (Wildman–Crippen LogP) is 0.453. The summed E-state index contributed by atoms with van der Waals surface area (Å²) in [6.07, 6.45) is 0. The Hall–Kier alpha value is -2.64. The summed E-state index contributed by atoms with van der Waals surface area (Å²) in [5.41, 5.74) is 1.46. The third-order valence-corrected chi connectivity index (χ3v) is 4.71. The largest absolute Gasteiger partial charge is 0.333 e. The van der Waals surface area contributed by atoms with Crippen LogP contribution in [0.1, 0.15) is 31.3 Å². The van der Waals surface area contributed by atoms with E-state index in [0.29, 0.717) is 16.9 Å². The van der Waals surface area contributed by atoms with Crippen LogP contribution in [0.25, 0.3) is 16.9 Å². The zero-order valence-corrected chi connectivity index (χ0v) is 14.0. The van der Waals surface area contributed by atoms with E-state index in [1.54, 1.807) is 18.4 Å². The fourth-order valence-electron chi connectivity index (χ4n) is 2.90. The van der Waals surface area contributed by atoms with Gasteiger partial charge < -0.3 is 4.57 Å². The fraction of sp³-hybridized carbons (Fsp3) is 0.467. The maximum absolute atomic E-state index is 12.9. The van der Waals surface area contributed by atoms with Crippen LogP contribution in [0.5, 0.6) is 0 Å². The Morgan fingerprint density at radius 1 is 1.09 bits per heavy atom. The van der Waals surface area contributed by atoms with Crippen LogP contribution in [0, 0.1) is 13.8 Å². The highest BCUT2D eigenvalue weighted by Gasteiger charge is 2.24. The van der Waals surface area contributed by atoms with Crippen molar-refractivity contribution in [1.29, 1.82) is 0 Å². The average molecular weight is 317 g/mol. The van der Waals surface area contributed by atoms with Crippen molar-refractivity contribution >= 4 is 22.7 Å². The smallest absolute Gasteiger partial charge is 0.317 e. The number of fused-ring (bicyclic) bond motifs is 3. The van der Waals surface area contributed by atoms with Crippen molar-refractivity contribution in [3.05, 3.63) is 32.2 Å². The molecular formula is C15H19N5O3. The maximum Gasteiger partial charge on any atom is 0.333 e. The zero-order valence-electron chi connectivity index (χ0n) is 14.0. The van der Waals surface area contributed by atoms with Gasteiger partial charge in [-0.05, 0) is 27.7 Å². The minimum absolute atomic E-state index is 0.245. The third kappa shape index (κ3) is 1.77. The molecule has 8 nitrogen and oxygen atoms in total. The number of aryl methyl sites for hydroxylation is 3. The average Bonchev–Trinajstić information content (AvgIpc) is 2.98. The lowest BCUT2D eigenvalue weighted by atomic mass is 10.2. The van der Waals surface area contributed by atoms with Gasteiger partial charge in [0.2, 0.25) is 5.78 Å². The first-order chi connectivity index (χ1) is 10.7. The molecule has 0 spiro atoms. The Kier molecular flexibility index (Phi) is 3.10. The van der Waals surface area contributed by atoms with Crippen molar-refractivity contribution in [2.45, 2.75) is 33.7 Å². The molecule has 0 saturated heterocycles. The molecule has 1 atom stereocenters. The molecule has 0 aliphatic carbocycles. The van der Waals surface area contributed by atoms with Gasteiger partial charge >= 0.3 is 5.69 Å². The number of aromatic nitrogens is 5. The summed E-state index contributed by atoms with van der Waals surface area (Å²) >= 11 is 0. The van der Waals surface area contributed by atoms with E-state index in [1.165, 1.54) is 11.5 Å². The van der Waals surface area contributed by atoms with E-state index in [0.717, 1.165) is 16.0 Å². The molecule has 0 radical (unpaired) electrons. The first kappa shape index (κ1) is 15.3. The van der Waals surface area contributed by atoms with E-state index >= 15 is 0 Å². The SMILES string of the molecule is CC(=O)[C@@H](C)n1c(=O)c2c(nc3n(C)c(C)c(C)n23)n(C)c1=O. The van der Waals surface area contributed by atoms with Gasteiger partial charge in [-0.1, -0.05) is 0 Å². The van der Waals surface area contributed by atoms with Gasteiger partial charge in [0.05, 0.1) is 6.04 Å². The number of Topliss-reactive ketones (excluding diaryl/α,β-unsaturated/α-hetero) is 1. The second kappa shape index (κ2) is 4.68. The maximum atomic E-state index is 12.9. The van der Waals surface area contributed by atoms with Gasteiger partial charge in [-0.15, -0.1) is 0 Å². The lowest BCUT2D eigenvalue weighted by Gasteiger charge is -2.12. The van der Waals surface area contributed by atoms with Crippen LogP contribution in [0.15, 0.2) is 9.59 Å². The summed E-state index contributed by atoms with van der Waals surface area (Å²) in [5.74, 6) is 0.348. The van der Waals surface area contributed by atoms with E-state index in [2.05, 4.69) is 4.98 Å². The van der Waals surface area contributed by atoms with Crippen molar-refractivity contribution in [3.63, 3.8) is 0 Å². The highest BCUT2D eigenvalue weighted by Crippen LogP contribution is 2.19. The van der Waals surface area contributed by atoms with E-state index in [1.807, 2.05) is 25.5 Å². The van der Waals surface area contributed by atoms with Crippen molar-refractivity contribution in [2.24, 2.45) is 14.1 Å². The van der Waals surface area contributed by atoms with E-state index < -0.39 is 17.3 Å². The number of hydrogen-bond acceptors (Lipinski definition) is 4. The zero-order chi connectivity index (χ0) is 17.2. The minimum atomic E-state index is -0.818. The number of nitrogens with zero attached hydrogens (tertiary/aromatic N) is 5. The summed E-state index contributed by atoms with van der Waals surface area (Å²) < 4.78 is 5.94. The number of carbonyl (C=O) groups excluding carboxylic acids is 1. The highest BCUT2D eigenvalue weighted by molar-refractivity contribution is 5.81. The Bertz CT molecular complexity index is 1090. The predicted molar refractivity (Wildman–Crippen MR) is 86.0 cm³/mol. The quantitative estimate of drug-likeness (QED) is 0.687. The van der Waals surface area contributed by atoms with E-state index in [9.17, 15) is 14.4 Å². The molecule has 0 unspecified atom stereocenters. The summed E-state index contributed by atoms with van der Waals surface area (Å²) in [4.78, 5) is 41.6. The standard InChI is InChI=1S/C15H19N5O3/c1-7-8(2)19-11-12(16-14(19)17(7)5)18(6)15(23)20(13(11)22)9(3)10(4)21/h9H,1-6H3/t9-/m1/s1. The lowest BCUT2D eigenvalue weighted by molar-refractivity contribution is -0.119. The van der Waals surface area contributed by atoms with Crippen LogP contribution in [0.4, 0.5) is 0 Å². The summed E-state index contributed by atoms with van der Waals surface area (Å²) in [6, 6.07) is -0.818. The van der Waals surface area contributed by atoms with Gasteiger partial charge in [0.1, 0.15) is 0 Å². The van der Waals surface area contributed by atoms with Gasteiger partial charge in [-0.2, -0.15) is 4.98 Å². The van der Waals surface area contributed by atoms with Crippen LogP contribution in [-0.4, -0.2) is 28.9 Å². The highest BCUT2D eigenvalue weighted by atomic mass is 16.2. The van der Waals surface area contributed by atoms with Crippen LogP contribution in [0.3, 0.4) is 0 Å². The number of rotatable bonds is 2. The topological polar surface area (TPSA) is 83.3 Å². The van der Waals surface area contributed by atoms with E-state index in [-0.39, 0.29) is 5.78 Å². The lowest BCUT2D eigenvalue weighted by Crippen LogP contribution is -2.42. The Labute approximate surface area is 131 Å². The molecule has 3 heterocycles. The fourth-order valence-corrected chi connectivity index (χ4v) is 2.90. The third-order valence-electron chi connectivity index (χ3n) is 4.71. The Morgan fingerprint density at radius 2 is 1.70 bits per heavy atom. The Morgan fingerprint density at radius 3 is 2.26 bits per heavy atom. The van der Waals surface area contributed by atoms with E-state index in [4.69, 9.17) is 0 Å². The van der Waals surface area contributed by atoms with Crippen LogP contribution in [0.2, 0.25) is 0 Å². The van der Waals surface area contributed by atoms with Crippen molar-refractivity contribution in [3.8, 4) is 0 Å².